The van der Waals surface area contributed by atoms with Crippen LogP contribution in [-0.2, 0) is 0 Å². The minimum atomic E-state index is -1.17. The van der Waals surface area contributed by atoms with Crippen molar-refractivity contribution in [2.24, 2.45) is 0 Å². The molecular weight excluding hydrogens is 235 g/mol. The van der Waals surface area contributed by atoms with Gasteiger partial charge in [-0.25, -0.2) is 14.2 Å². The predicted molar refractivity (Wildman–Crippen MR) is 65.7 cm³/mol. The number of nitrogens with zero attached hydrogens (tertiary/aromatic N) is 1. The summed E-state index contributed by atoms with van der Waals surface area (Å²) in [6.45, 7) is 1.76. The lowest BCUT2D eigenvalue weighted by atomic mass is 10.0. The third-order valence-electron chi connectivity index (χ3n) is 2.57. The molecule has 1 aromatic carbocycles. The quantitative estimate of drug-likeness (QED) is 0.853. The van der Waals surface area contributed by atoms with Crippen LogP contribution in [0.25, 0.3) is 11.1 Å². The summed E-state index contributed by atoms with van der Waals surface area (Å²) in [7, 11) is 0. The number of hydrogen-bond donors (Lipinski definition) is 2. The molecule has 0 radical (unpaired) electrons. The van der Waals surface area contributed by atoms with Crippen molar-refractivity contribution < 1.29 is 14.3 Å². The molecule has 2 rings (SSSR count). The largest absolute Gasteiger partial charge is 0.478 e. The number of rotatable bonds is 2. The summed E-state index contributed by atoms with van der Waals surface area (Å²) in [5.74, 6) is -1.56. The van der Waals surface area contributed by atoms with Crippen LogP contribution in [0.15, 0.2) is 30.5 Å². The van der Waals surface area contributed by atoms with Crippen LogP contribution in [0.5, 0.6) is 0 Å². The Balaban J connectivity index is 2.67. The third-order valence-corrected chi connectivity index (χ3v) is 2.57. The van der Waals surface area contributed by atoms with Crippen molar-refractivity contribution in [3.63, 3.8) is 0 Å². The Hall–Kier alpha value is -2.43. The van der Waals surface area contributed by atoms with Crippen LogP contribution in [0, 0.1) is 12.7 Å². The van der Waals surface area contributed by atoms with E-state index < -0.39 is 11.8 Å². The maximum atomic E-state index is 13.8. The summed E-state index contributed by atoms with van der Waals surface area (Å²) < 4.78 is 13.8. The fourth-order valence-corrected chi connectivity index (χ4v) is 1.70. The number of carboxylic acids is 1. The first-order valence-corrected chi connectivity index (χ1v) is 5.24. The van der Waals surface area contributed by atoms with Crippen LogP contribution < -0.4 is 5.73 Å². The van der Waals surface area contributed by atoms with Gasteiger partial charge in [0, 0.05) is 17.3 Å². The number of aryl methyl sites for hydroxylation is 1. The Kier molecular flexibility index (Phi) is 2.97. The minimum Gasteiger partial charge on any atom is -0.478 e. The Morgan fingerprint density at radius 1 is 1.33 bits per heavy atom. The first-order chi connectivity index (χ1) is 8.49. The lowest BCUT2D eigenvalue weighted by Gasteiger charge is -2.08. The highest BCUT2D eigenvalue weighted by molar-refractivity contribution is 5.96. The zero-order chi connectivity index (χ0) is 13.3. The maximum absolute atomic E-state index is 13.8. The smallest absolute Gasteiger partial charge is 0.336 e. The molecule has 0 aliphatic carbocycles. The Labute approximate surface area is 103 Å². The van der Waals surface area contributed by atoms with Crippen molar-refractivity contribution in [3.05, 3.63) is 47.4 Å². The number of aromatic carboxylic acids is 1. The monoisotopic (exact) mass is 246 g/mol. The van der Waals surface area contributed by atoms with Crippen molar-refractivity contribution in [2.45, 2.75) is 6.92 Å². The molecule has 0 spiro atoms. The predicted octanol–water partition coefficient (Wildman–Crippen LogP) is 2.48. The van der Waals surface area contributed by atoms with Gasteiger partial charge in [-0.2, -0.15) is 0 Å². The third kappa shape index (κ3) is 2.15. The summed E-state index contributed by atoms with van der Waals surface area (Å²) in [6, 6.07) is 5.80. The van der Waals surface area contributed by atoms with Crippen LogP contribution in [0.3, 0.4) is 0 Å². The maximum Gasteiger partial charge on any atom is 0.336 e. The van der Waals surface area contributed by atoms with E-state index in [0.717, 1.165) is 5.56 Å². The highest BCUT2D eigenvalue weighted by atomic mass is 19.1. The van der Waals surface area contributed by atoms with Gasteiger partial charge < -0.3 is 10.8 Å². The number of aromatic nitrogens is 1. The molecule has 0 unspecified atom stereocenters. The molecular formula is C13H11FN2O2. The molecule has 92 valence electrons. The van der Waals surface area contributed by atoms with Gasteiger partial charge in [-0.3, -0.25) is 0 Å². The minimum absolute atomic E-state index is 0.0646. The Bertz CT molecular complexity index is 626. The number of carboxylic acid groups (broad SMARTS) is 1. The number of halogens is 1. The topological polar surface area (TPSA) is 76.2 Å². The van der Waals surface area contributed by atoms with Gasteiger partial charge in [-0.05, 0) is 24.6 Å². The zero-order valence-electron chi connectivity index (χ0n) is 9.64. The fraction of sp³-hybridized carbons (Fsp3) is 0.0769. The second kappa shape index (κ2) is 4.44. The summed E-state index contributed by atoms with van der Waals surface area (Å²) >= 11 is 0. The molecule has 0 aliphatic heterocycles. The van der Waals surface area contributed by atoms with E-state index in [1.807, 2.05) is 0 Å². The lowest BCUT2D eigenvalue weighted by molar-refractivity contribution is 0.0697. The average Bonchev–Trinajstić information content (AvgIpc) is 2.29. The first-order valence-electron chi connectivity index (χ1n) is 5.24. The van der Waals surface area contributed by atoms with Crippen molar-refractivity contribution >= 4 is 11.8 Å². The van der Waals surface area contributed by atoms with E-state index in [4.69, 9.17) is 10.8 Å². The van der Waals surface area contributed by atoms with E-state index in [0.29, 0.717) is 0 Å². The fourth-order valence-electron chi connectivity index (χ4n) is 1.70. The Morgan fingerprint density at radius 2 is 2.06 bits per heavy atom. The molecule has 1 heterocycles. The number of carbonyl (C=O) groups is 1. The van der Waals surface area contributed by atoms with E-state index >= 15 is 0 Å². The van der Waals surface area contributed by atoms with E-state index in [1.165, 1.54) is 24.4 Å². The molecule has 4 nitrogen and oxygen atoms in total. The number of anilines is 1. The van der Waals surface area contributed by atoms with Crippen LogP contribution in [-0.4, -0.2) is 16.1 Å². The molecule has 2 aromatic rings. The van der Waals surface area contributed by atoms with Gasteiger partial charge in [-0.1, -0.05) is 12.1 Å². The Morgan fingerprint density at radius 3 is 2.67 bits per heavy atom. The summed E-state index contributed by atoms with van der Waals surface area (Å²) in [5, 5.41) is 9.09. The van der Waals surface area contributed by atoms with Crippen molar-refractivity contribution in [1.82, 2.24) is 4.98 Å². The molecule has 0 saturated heterocycles. The molecule has 3 N–H and O–H groups in total. The second-order valence-corrected chi connectivity index (χ2v) is 3.94. The van der Waals surface area contributed by atoms with E-state index in [1.54, 1.807) is 13.0 Å². The molecule has 0 saturated carbocycles. The highest BCUT2D eigenvalue weighted by Crippen LogP contribution is 2.27. The SMILES string of the molecule is Cc1ccc(-c2cnc(N)cc2C(=O)O)c(F)c1. The first kappa shape index (κ1) is 12.0. The molecule has 0 aliphatic rings. The van der Waals surface area contributed by atoms with Crippen LogP contribution in [0.2, 0.25) is 0 Å². The van der Waals surface area contributed by atoms with Gasteiger partial charge >= 0.3 is 5.97 Å². The van der Waals surface area contributed by atoms with Crippen molar-refractivity contribution in [1.29, 1.82) is 0 Å². The zero-order valence-corrected chi connectivity index (χ0v) is 9.64. The highest BCUT2D eigenvalue weighted by Gasteiger charge is 2.15. The van der Waals surface area contributed by atoms with Crippen LogP contribution >= 0.6 is 0 Å². The summed E-state index contributed by atoms with van der Waals surface area (Å²) in [5.41, 5.74) is 6.55. The van der Waals surface area contributed by atoms with Gasteiger partial charge in [0.05, 0.1) is 5.56 Å². The number of benzene rings is 1. The number of pyridine rings is 1. The second-order valence-electron chi connectivity index (χ2n) is 3.94. The van der Waals surface area contributed by atoms with E-state index in [9.17, 15) is 9.18 Å². The normalized spacial score (nSPS) is 10.3. The number of nitrogens with two attached hydrogens (primary N) is 1. The molecule has 1 aromatic heterocycles. The standard InChI is InChI=1S/C13H11FN2O2/c1-7-2-3-8(11(14)4-7)10-6-16-12(15)5-9(10)13(17)18/h2-6H,1H3,(H2,15,16)(H,17,18). The van der Waals surface area contributed by atoms with Gasteiger partial charge in [0.15, 0.2) is 0 Å². The molecule has 0 amide bonds. The van der Waals surface area contributed by atoms with Crippen molar-refractivity contribution in [3.8, 4) is 11.1 Å². The number of hydrogen-bond acceptors (Lipinski definition) is 3. The van der Waals surface area contributed by atoms with E-state index in [-0.39, 0.29) is 22.5 Å². The number of nitrogen functional groups attached to an aromatic ring is 1. The molecule has 0 fully saturated rings. The summed E-state index contributed by atoms with van der Waals surface area (Å²) in [6.07, 6.45) is 1.27. The molecule has 0 bridgehead atoms. The average molecular weight is 246 g/mol. The van der Waals surface area contributed by atoms with Gasteiger partial charge in [-0.15, -0.1) is 0 Å². The molecule has 18 heavy (non-hydrogen) atoms. The molecule has 0 atom stereocenters. The summed E-state index contributed by atoms with van der Waals surface area (Å²) in [4.78, 5) is 14.9. The van der Waals surface area contributed by atoms with Gasteiger partial charge in [0.1, 0.15) is 11.6 Å². The van der Waals surface area contributed by atoms with Gasteiger partial charge in [0.2, 0.25) is 0 Å². The van der Waals surface area contributed by atoms with Crippen LogP contribution in [0.4, 0.5) is 10.2 Å². The van der Waals surface area contributed by atoms with E-state index in [2.05, 4.69) is 4.98 Å². The lowest BCUT2D eigenvalue weighted by Crippen LogP contribution is -2.03. The molecule has 5 heteroatoms. The van der Waals surface area contributed by atoms with Crippen LogP contribution in [0.1, 0.15) is 15.9 Å². The van der Waals surface area contributed by atoms with Crippen molar-refractivity contribution in [2.75, 3.05) is 5.73 Å². The van der Waals surface area contributed by atoms with Gasteiger partial charge in [0.25, 0.3) is 0 Å².